The summed E-state index contributed by atoms with van der Waals surface area (Å²) in [6, 6.07) is 15.4. The third-order valence-corrected chi connectivity index (χ3v) is 3.29. The summed E-state index contributed by atoms with van der Waals surface area (Å²) in [5.74, 6) is 0. The van der Waals surface area contributed by atoms with Crippen LogP contribution in [0.2, 0.25) is 0 Å². The normalized spacial score (nSPS) is 10.5. The fourth-order valence-electron chi connectivity index (χ4n) is 2.35. The first-order chi connectivity index (χ1) is 8.22. The van der Waals surface area contributed by atoms with E-state index in [9.17, 15) is 0 Å². The van der Waals surface area contributed by atoms with E-state index in [-0.39, 0.29) is 0 Å². The molecule has 0 nitrogen and oxygen atoms in total. The fraction of sp³-hybridized carbons (Fsp3) is 0.294. The van der Waals surface area contributed by atoms with Crippen molar-refractivity contribution in [1.29, 1.82) is 0 Å². The predicted molar refractivity (Wildman–Crippen MR) is 75.3 cm³/mol. The van der Waals surface area contributed by atoms with E-state index >= 15 is 0 Å². The van der Waals surface area contributed by atoms with E-state index in [0.717, 1.165) is 0 Å². The zero-order chi connectivity index (χ0) is 12.3. The molecule has 0 aliphatic heterocycles. The van der Waals surface area contributed by atoms with Crippen molar-refractivity contribution in [3.05, 3.63) is 59.2 Å². The van der Waals surface area contributed by atoms with Gasteiger partial charge in [-0.15, -0.1) is 0 Å². The van der Waals surface area contributed by atoms with Crippen LogP contribution in [0.3, 0.4) is 0 Å². The summed E-state index contributed by atoms with van der Waals surface area (Å²) in [4.78, 5) is 0. The molecule has 2 aromatic carbocycles. The molecule has 0 aliphatic rings. The number of hydrogen-bond donors (Lipinski definition) is 0. The van der Waals surface area contributed by atoms with Gasteiger partial charge >= 0.3 is 0 Å². The van der Waals surface area contributed by atoms with Crippen molar-refractivity contribution in [3.63, 3.8) is 0 Å². The predicted octanol–water partition coefficient (Wildman–Crippen LogP) is 4.92. The van der Waals surface area contributed by atoms with Gasteiger partial charge in [0.15, 0.2) is 0 Å². The highest BCUT2D eigenvalue weighted by Crippen LogP contribution is 2.26. The van der Waals surface area contributed by atoms with E-state index in [0.29, 0.717) is 0 Å². The van der Waals surface area contributed by atoms with E-state index in [2.05, 4.69) is 63.2 Å². The minimum absolute atomic E-state index is 1.17. The van der Waals surface area contributed by atoms with Gasteiger partial charge in [-0.25, -0.2) is 0 Å². The van der Waals surface area contributed by atoms with Crippen LogP contribution >= 0.6 is 0 Å². The summed E-state index contributed by atoms with van der Waals surface area (Å²) in [7, 11) is 0. The summed E-state index contributed by atoms with van der Waals surface area (Å²) in [5, 5.41) is 0. The Hall–Kier alpha value is -1.56. The van der Waals surface area contributed by atoms with Gasteiger partial charge in [-0.1, -0.05) is 61.4 Å². The Kier molecular flexibility index (Phi) is 3.63. The molecule has 2 rings (SSSR count). The average molecular weight is 224 g/mol. The number of rotatable bonds is 3. The average Bonchev–Trinajstić information content (AvgIpc) is 2.32. The van der Waals surface area contributed by atoms with E-state index in [1.54, 1.807) is 0 Å². The lowest BCUT2D eigenvalue weighted by molar-refractivity contribution is 0.913. The number of hydrogen-bond acceptors (Lipinski definition) is 0. The molecule has 0 fully saturated rings. The van der Waals surface area contributed by atoms with Crippen LogP contribution in [0, 0.1) is 13.8 Å². The maximum atomic E-state index is 2.26. The molecule has 0 bridgehead atoms. The lowest BCUT2D eigenvalue weighted by Crippen LogP contribution is -1.92. The smallest absolute Gasteiger partial charge is 0.0152 e. The molecule has 2 aromatic rings. The highest BCUT2D eigenvalue weighted by atomic mass is 14.1. The molecule has 0 saturated heterocycles. The molecule has 0 amide bonds. The van der Waals surface area contributed by atoms with Crippen molar-refractivity contribution in [2.24, 2.45) is 0 Å². The van der Waals surface area contributed by atoms with E-state index in [1.165, 1.54) is 40.7 Å². The number of benzene rings is 2. The summed E-state index contributed by atoms with van der Waals surface area (Å²) >= 11 is 0. The molecule has 0 saturated carbocycles. The second-order valence-electron chi connectivity index (χ2n) is 4.71. The first kappa shape index (κ1) is 11.9. The molecule has 0 atom stereocenters. The van der Waals surface area contributed by atoms with Crippen molar-refractivity contribution < 1.29 is 0 Å². The van der Waals surface area contributed by atoms with Gasteiger partial charge in [0.25, 0.3) is 0 Å². The zero-order valence-corrected chi connectivity index (χ0v) is 11.0. The van der Waals surface area contributed by atoms with E-state index in [4.69, 9.17) is 0 Å². The van der Waals surface area contributed by atoms with Crippen LogP contribution in [-0.2, 0) is 6.42 Å². The van der Waals surface area contributed by atoms with Crippen LogP contribution in [0.25, 0.3) is 11.1 Å². The first-order valence-corrected chi connectivity index (χ1v) is 6.38. The van der Waals surface area contributed by atoms with Crippen LogP contribution in [0.15, 0.2) is 42.5 Å². The van der Waals surface area contributed by atoms with Crippen LogP contribution in [-0.4, -0.2) is 0 Å². The second-order valence-corrected chi connectivity index (χ2v) is 4.71. The SMILES string of the molecule is CCCc1cccc(-c2cccc(C)c2)c1C. The molecule has 0 unspecified atom stereocenters. The highest BCUT2D eigenvalue weighted by molar-refractivity contribution is 5.69. The first-order valence-electron chi connectivity index (χ1n) is 6.38. The standard InChI is InChI=1S/C17H20/c1-4-7-15-9-6-11-17(14(15)3)16-10-5-8-13(2)12-16/h5-6,8-12H,4,7H2,1-3H3. The van der Waals surface area contributed by atoms with E-state index < -0.39 is 0 Å². The quantitative estimate of drug-likeness (QED) is 0.694. The maximum Gasteiger partial charge on any atom is -0.0152 e. The summed E-state index contributed by atoms with van der Waals surface area (Å²) in [6.07, 6.45) is 2.38. The molecule has 17 heavy (non-hydrogen) atoms. The zero-order valence-electron chi connectivity index (χ0n) is 11.0. The van der Waals surface area contributed by atoms with Crippen molar-refractivity contribution in [3.8, 4) is 11.1 Å². The van der Waals surface area contributed by atoms with Crippen molar-refractivity contribution >= 4 is 0 Å². The summed E-state index contributed by atoms with van der Waals surface area (Å²) in [5.41, 5.74) is 6.94. The third-order valence-electron chi connectivity index (χ3n) is 3.29. The van der Waals surface area contributed by atoms with Gasteiger partial charge in [0.1, 0.15) is 0 Å². The van der Waals surface area contributed by atoms with Crippen LogP contribution in [0.1, 0.15) is 30.0 Å². The second kappa shape index (κ2) is 5.18. The topological polar surface area (TPSA) is 0 Å². The fourth-order valence-corrected chi connectivity index (χ4v) is 2.35. The molecule has 0 aliphatic carbocycles. The highest BCUT2D eigenvalue weighted by Gasteiger charge is 2.05. The van der Waals surface area contributed by atoms with Crippen LogP contribution < -0.4 is 0 Å². The van der Waals surface area contributed by atoms with Gasteiger partial charge in [0.2, 0.25) is 0 Å². The van der Waals surface area contributed by atoms with Crippen molar-refractivity contribution in [1.82, 2.24) is 0 Å². The number of aryl methyl sites for hydroxylation is 2. The van der Waals surface area contributed by atoms with Gasteiger partial charge < -0.3 is 0 Å². The van der Waals surface area contributed by atoms with Gasteiger partial charge in [0, 0.05) is 0 Å². The lowest BCUT2D eigenvalue weighted by atomic mass is 9.94. The van der Waals surface area contributed by atoms with Crippen LogP contribution in [0.5, 0.6) is 0 Å². The Morgan fingerprint density at radius 1 is 0.941 bits per heavy atom. The van der Waals surface area contributed by atoms with Gasteiger partial charge in [-0.2, -0.15) is 0 Å². The largest absolute Gasteiger partial charge is 0.0651 e. The molecule has 0 heterocycles. The Morgan fingerprint density at radius 2 is 1.71 bits per heavy atom. The maximum absolute atomic E-state index is 2.26. The Bertz CT molecular complexity index is 509. The Labute approximate surface area is 104 Å². The molecule has 0 aromatic heterocycles. The molecule has 0 radical (unpaired) electrons. The Balaban J connectivity index is 2.49. The molecule has 0 N–H and O–H groups in total. The van der Waals surface area contributed by atoms with E-state index in [1.807, 2.05) is 0 Å². The van der Waals surface area contributed by atoms with Crippen molar-refractivity contribution in [2.45, 2.75) is 33.6 Å². The lowest BCUT2D eigenvalue weighted by Gasteiger charge is -2.11. The molecule has 0 heteroatoms. The summed E-state index contributed by atoms with van der Waals surface area (Å²) in [6.45, 7) is 6.62. The van der Waals surface area contributed by atoms with Gasteiger partial charge in [0.05, 0.1) is 0 Å². The summed E-state index contributed by atoms with van der Waals surface area (Å²) < 4.78 is 0. The molecule has 88 valence electrons. The molecular weight excluding hydrogens is 204 g/mol. The van der Waals surface area contributed by atoms with Crippen LogP contribution in [0.4, 0.5) is 0 Å². The molecule has 0 spiro atoms. The van der Waals surface area contributed by atoms with Gasteiger partial charge in [-0.05, 0) is 42.5 Å². The third kappa shape index (κ3) is 2.58. The van der Waals surface area contributed by atoms with Crippen molar-refractivity contribution in [2.75, 3.05) is 0 Å². The minimum atomic E-state index is 1.17. The monoisotopic (exact) mass is 224 g/mol. The van der Waals surface area contributed by atoms with Gasteiger partial charge in [-0.3, -0.25) is 0 Å². The Morgan fingerprint density at radius 3 is 2.41 bits per heavy atom. The minimum Gasteiger partial charge on any atom is -0.0651 e. The molecular formula is C17H20.